The molecule has 1 heterocycles. The van der Waals surface area contributed by atoms with Crippen molar-refractivity contribution in [1.29, 1.82) is 0 Å². The molecule has 2 N–H and O–H groups in total. The summed E-state index contributed by atoms with van der Waals surface area (Å²) in [5.74, 6) is 1.50. The summed E-state index contributed by atoms with van der Waals surface area (Å²) in [5, 5.41) is 9.67. The summed E-state index contributed by atoms with van der Waals surface area (Å²) in [6.07, 6.45) is 9.48. The lowest BCUT2D eigenvalue weighted by Gasteiger charge is -2.21. The minimum Gasteiger partial charge on any atom is -0.512 e. The Balaban J connectivity index is 2.07. The maximum atomic E-state index is 9.67. The Hall–Kier alpha value is -1.22. The van der Waals surface area contributed by atoms with Gasteiger partial charge in [0.15, 0.2) is 0 Å². The summed E-state index contributed by atoms with van der Waals surface area (Å²) in [6.45, 7) is 2.05. The molecule has 0 saturated heterocycles. The van der Waals surface area contributed by atoms with Crippen molar-refractivity contribution in [2.24, 2.45) is 5.92 Å². The minimum absolute atomic E-state index is 0.103. The molecule has 1 aliphatic heterocycles. The van der Waals surface area contributed by atoms with E-state index in [4.69, 9.17) is 4.84 Å². The van der Waals surface area contributed by atoms with Gasteiger partial charge in [-0.2, -0.15) is 0 Å². The fourth-order valence-corrected chi connectivity index (χ4v) is 1.77. The van der Waals surface area contributed by atoms with Crippen LogP contribution in [0.4, 0.5) is 0 Å². The summed E-state index contributed by atoms with van der Waals surface area (Å²) in [4.78, 5) is 5.26. The number of rotatable bonds is 2. The fourth-order valence-electron chi connectivity index (χ4n) is 1.77. The second-order valence-corrected chi connectivity index (χ2v) is 3.59. The molecule has 2 rings (SSSR count). The molecular formula is C11H15NO2. The summed E-state index contributed by atoms with van der Waals surface area (Å²) in [7, 11) is 0. The largest absolute Gasteiger partial charge is 0.512 e. The van der Waals surface area contributed by atoms with Gasteiger partial charge in [-0.3, -0.25) is 0 Å². The molecule has 14 heavy (non-hydrogen) atoms. The molecule has 0 fully saturated rings. The highest BCUT2D eigenvalue weighted by Crippen LogP contribution is 2.26. The fraction of sp³-hybridized carbons (Fsp3) is 0.455. The smallest absolute Gasteiger partial charge is 0.121 e. The molecule has 0 aromatic carbocycles. The van der Waals surface area contributed by atoms with Gasteiger partial charge in [0, 0.05) is 12.3 Å². The third-order valence-corrected chi connectivity index (χ3v) is 2.65. The highest BCUT2D eigenvalue weighted by molar-refractivity contribution is 5.21. The van der Waals surface area contributed by atoms with E-state index in [0.29, 0.717) is 5.76 Å². The summed E-state index contributed by atoms with van der Waals surface area (Å²) in [5.41, 5.74) is 2.93. The molecule has 2 atom stereocenters. The van der Waals surface area contributed by atoms with Gasteiger partial charge in [0.05, 0.1) is 11.8 Å². The third-order valence-electron chi connectivity index (χ3n) is 2.65. The molecule has 3 nitrogen and oxygen atoms in total. The van der Waals surface area contributed by atoms with E-state index in [-0.39, 0.29) is 12.0 Å². The molecule has 0 bridgehead atoms. The van der Waals surface area contributed by atoms with E-state index in [1.54, 1.807) is 6.08 Å². The maximum absolute atomic E-state index is 9.67. The van der Waals surface area contributed by atoms with Crippen LogP contribution in [-0.4, -0.2) is 11.1 Å². The van der Waals surface area contributed by atoms with E-state index in [0.717, 1.165) is 18.6 Å². The van der Waals surface area contributed by atoms with E-state index in [1.165, 1.54) is 0 Å². The van der Waals surface area contributed by atoms with E-state index in [1.807, 2.05) is 19.1 Å². The Morgan fingerprint density at radius 2 is 2.50 bits per heavy atom. The first-order chi connectivity index (χ1) is 6.81. The van der Waals surface area contributed by atoms with Gasteiger partial charge in [-0.1, -0.05) is 19.1 Å². The molecule has 0 spiro atoms. The van der Waals surface area contributed by atoms with E-state index in [2.05, 4.69) is 11.6 Å². The van der Waals surface area contributed by atoms with Crippen molar-refractivity contribution < 1.29 is 9.94 Å². The third kappa shape index (κ3) is 1.68. The monoisotopic (exact) mass is 193 g/mol. The quantitative estimate of drug-likeness (QED) is 0.706. The lowest BCUT2D eigenvalue weighted by molar-refractivity contribution is 0.0937. The first-order valence-electron chi connectivity index (χ1n) is 5.00. The van der Waals surface area contributed by atoms with Gasteiger partial charge < -0.3 is 9.94 Å². The first kappa shape index (κ1) is 9.34. The normalized spacial score (nSPS) is 30.9. The Labute approximate surface area is 83.7 Å². The standard InChI is InChI=1S/C11H15NO2/c1-2-8-7-10(12-14-8)9-5-3-4-6-11(9)13/h3-4,6-7,9-10,12-13H,2,5H2,1H3. The van der Waals surface area contributed by atoms with Gasteiger partial charge in [0.25, 0.3) is 0 Å². The van der Waals surface area contributed by atoms with Crippen LogP contribution in [0.15, 0.2) is 35.8 Å². The number of allylic oxidation sites excluding steroid dienone is 4. The zero-order chi connectivity index (χ0) is 9.97. The van der Waals surface area contributed by atoms with E-state index >= 15 is 0 Å². The molecule has 2 unspecified atom stereocenters. The van der Waals surface area contributed by atoms with Gasteiger partial charge >= 0.3 is 0 Å². The maximum Gasteiger partial charge on any atom is 0.121 e. The Kier molecular flexibility index (Phi) is 2.59. The lowest BCUT2D eigenvalue weighted by Crippen LogP contribution is -2.31. The highest BCUT2D eigenvalue weighted by atomic mass is 16.7. The summed E-state index contributed by atoms with van der Waals surface area (Å²) >= 11 is 0. The number of hydrogen-bond donors (Lipinski definition) is 2. The molecule has 0 radical (unpaired) electrons. The molecule has 0 aromatic rings. The number of aliphatic hydroxyl groups is 1. The predicted octanol–water partition coefficient (Wildman–Crippen LogP) is 2.20. The van der Waals surface area contributed by atoms with Gasteiger partial charge in [0.1, 0.15) is 5.76 Å². The molecule has 2 aliphatic rings. The van der Waals surface area contributed by atoms with Crippen LogP contribution in [0.25, 0.3) is 0 Å². The molecule has 0 amide bonds. The summed E-state index contributed by atoms with van der Waals surface area (Å²) < 4.78 is 0. The Morgan fingerprint density at radius 1 is 1.64 bits per heavy atom. The topological polar surface area (TPSA) is 41.5 Å². The van der Waals surface area contributed by atoms with Crippen LogP contribution in [0.3, 0.4) is 0 Å². The highest BCUT2D eigenvalue weighted by Gasteiger charge is 2.28. The molecule has 76 valence electrons. The van der Waals surface area contributed by atoms with Gasteiger partial charge in [0.2, 0.25) is 0 Å². The van der Waals surface area contributed by atoms with Crippen molar-refractivity contribution in [3.05, 3.63) is 35.8 Å². The van der Waals surface area contributed by atoms with Crippen molar-refractivity contribution in [1.82, 2.24) is 5.48 Å². The van der Waals surface area contributed by atoms with Crippen molar-refractivity contribution in [2.45, 2.75) is 25.8 Å². The molecule has 0 aromatic heterocycles. The zero-order valence-corrected chi connectivity index (χ0v) is 8.23. The van der Waals surface area contributed by atoms with Crippen LogP contribution in [-0.2, 0) is 4.84 Å². The van der Waals surface area contributed by atoms with Gasteiger partial charge in [-0.25, -0.2) is 0 Å². The number of aliphatic hydroxyl groups excluding tert-OH is 1. The first-order valence-corrected chi connectivity index (χ1v) is 5.00. The van der Waals surface area contributed by atoms with Crippen LogP contribution in [0.1, 0.15) is 19.8 Å². The average molecular weight is 193 g/mol. The minimum atomic E-state index is 0.103. The SMILES string of the molecule is CCC1=CC(C2CC=CC=C2O)NO1. The number of hydroxylamine groups is 1. The van der Waals surface area contributed by atoms with Gasteiger partial charge in [-0.15, -0.1) is 5.48 Å². The Bertz CT molecular complexity index is 304. The van der Waals surface area contributed by atoms with Crippen LogP contribution in [0.2, 0.25) is 0 Å². The number of hydrogen-bond acceptors (Lipinski definition) is 3. The van der Waals surface area contributed by atoms with Crippen molar-refractivity contribution in [3.8, 4) is 0 Å². The predicted molar refractivity (Wildman–Crippen MR) is 54.3 cm³/mol. The van der Waals surface area contributed by atoms with Crippen LogP contribution >= 0.6 is 0 Å². The van der Waals surface area contributed by atoms with E-state index in [9.17, 15) is 5.11 Å². The summed E-state index contributed by atoms with van der Waals surface area (Å²) in [6, 6.07) is 0.103. The molecule has 3 heteroatoms. The molecule has 1 aliphatic carbocycles. The van der Waals surface area contributed by atoms with Crippen LogP contribution in [0, 0.1) is 5.92 Å². The Morgan fingerprint density at radius 3 is 3.14 bits per heavy atom. The van der Waals surface area contributed by atoms with Crippen LogP contribution in [0.5, 0.6) is 0 Å². The van der Waals surface area contributed by atoms with Crippen LogP contribution < -0.4 is 5.48 Å². The second kappa shape index (κ2) is 3.88. The van der Waals surface area contributed by atoms with E-state index < -0.39 is 0 Å². The van der Waals surface area contributed by atoms with Crippen molar-refractivity contribution >= 4 is 0 Å². The second-order valence-electron chi connectivity index (χ2n) is 3.59. The number of nitrogens with one attached hydrogen (secondary N) is 1. The average Bonchev–Trinajstić information content (AvgIpc) is 2.67. The molecule has 0 saturated carbocycles. The zero-order valence-electron chi connectivity index (χ0n) is 8.23. The van der Waals surface area contributed by atoms with Crippen molar-refractivity contribution in [3.63, 3.8) is 0 Å². The van der Waals surface area contributed by atoms with Crippen molar-refractivity contribution in [2.75, 3.05) is 0 Å². The molecular weight excluding hydrogens is 178 g/mol. The lowest BCUT2D eigenvalue weighted by atomic mass is 9.91. The van der Waals surface area contributed by atoms with Gasteiger partial charge in [-0.05, 0) is 18.6 Å².